The Hall–Kier alpha value is -2.66. The van der Waals surface area contributed by atoms with Gasteiger partial charge in [0, 0.05) is 12.6 Å². The van der Waals surface area contributed by atoms with Crippen LogP contribution in [0.3, 0.4) is 0 Å². The van der Waals surface area contributed by atoms with Crippen molar-refractivity contribution in [3.05, 3.63) is 47.5 Å². The smallest absolute Gasteiger partial charge is 0.239 e. The number of hydrogen-bond acceptors (Lipinski definition) is 7. The molecular weight excluding hydrogens is 450 g/mol. The monoisotopic (exact) mass is 481 g/mol. The van der Waals surface area contributed by atoms with Crippen molar-refractivity contribution in [2.24, 2.45) is 16.8 Å². The van der Waals surface area contributed by atoms with Gasteiger partial charge in [-0.2, -0.15) is 5.21 Å². The van der Waals surface area contributed by atoms with Crippen LogP contribution in [0.4, 0.5) is 0 Å². The average molecular weight is 482 g/mol. The summed E-state index contributed by atoms with van der Waals surface area (Å²) in [6.45, 7) is 2.00. The van der Waals surface area contributed by atoms with E-state index in [-0.39, 0.29) is 16.8 Å². The Kier molecular flexibility index (Phi) is 6.48. The maximum atomic E-state index is 12.9. The van der Waals surface area contributed by atoms with Gasteiger partial charge >= 0.3 is 0 Å². The summed E-state index contributed by atoms with van der Waals surface area (Å²) in [5.41, 5.74) is 10.0. The van der Waals surface area contributed by atoms with Crippen LogP contribution < -0.4 is 16.2 Å². The van der Waals surface area contributed by atoms with E-state index in [0.717, 1.165) is 56.3 Å². The van der Waals surface area contributed by atoms with Crippen LogP contribution >= 0.6 is 0 Å². The standard InChI is InChI=1S/C24H31N7O2S/c25-20-8-1-15(2-9-20)13-18-7-10-21(17-5-3-16(4-6-17)19-11-12-27-14-19)22(23(18)34(26,32)33)24-28-30-31-29-24/h3-7,10,15,19-20,27H,1-2,8-9,11-14,25H2,(H2,26,32,33)(H,28,29,30,31). The third-order valence-corrected chi connectivity index (χ3v) is 8.28. The van der Waals surface area contributed by atoms with E-state index in [4.69, 9.17) is 10.9 Å². The normalized spacial score (nSPS) is 23.3. The number of primary sulfonamides is 1. The third kappa shape index (κ3) is 4.76. The fourth-order valence-electron chi connectivity index (χ4n) is 5.42. The van der Waals surface area contributed by atoms with Gasteiger partial charge in [0.25, 0.3) is 0 Å². The molecule has 10 heteroatoms. The minimum atomic E-state index is -4.06. The van der Waals surface area contributed by atoms with Crippen molar-refractivity contribution in [2.75, 3.05) is 13.1 Å². The molecule has 1 saturated carbocycles. The number of benzene rings is 2. The number of nitrogens with two attached hydrogens (primary N) is 2. The molecule has 5 rings (SSSR count). The highest BCUT2D eigenvalue weighted by Crippen LogP contribution is 2.39. The van der Waals surface area contributed by atoms with Crippen molar-refractivity contribution in [1.82, 2.24) is 25.9 Å². The molecule has 1 unspecified atom stereocenters. The maximum Gasteiger partial charge on any atom is 0.239 e. The van der Waals surface area contributed by atoms with E-state index in [1.54, 1.807) is 0 Å². The van der Waals surface area contributed by atoms with Gasteiger partial charge in [-0.3, -0.25) is 0 Å². The van der Waals surface area contributed by atoms with Crippen molar-refractivity contribution in [3.63, 3.8) is 0 Å². The molecule has 1 atom stereocenters. The van der Waals surface area contributed by atoms with Crippen LogP contribution in [-0.2, 0) is 16.4 Å². The van der Waals surface area contributed by atoms with Crippen LogP contribution in [0.5, 0.6) is 0 Å². The number of sulfonamides is 1. The lowest BCUT2D eigenvalue weighted by Gasteiger charge is -2.27. The van der Waals surface area contributed by atoms with Crippen molar-refractivity contribution >= 4 is 10.0 Å². The maximum absolute atomic E-state index is 12.9. The van der Waals surface area contributed by atoms with Crippen LogP contribution in [0.2, 0.25) is 0 Å². The highest BCUT2D eigenvalue weighted by molar-refractivity contribution is 7.89. The average Bonchev–Trinajstić information content (AvgIpc) is 3.54. The quantitative estimate of drug-likeness (QED) is 0.421. The molecule has 34 heavy (non-hydrogen) atoms. The van der Waals surface area contributed by atoms with Crippen molar-refractivity contribution in [1.29, 1.82) is 0 Å². The van der Waals surface area contributed by atoms with Gasteiger partial charge in [0.15, 0.2) is 0 Å². The Morgan fingerprint density at radius 2 is 1.76 bits per heavy atom. The summed E-state index contributed by atoms with van der Waals surface area (Å²) in [6.07, 6.45) is 5.59. The minimum absolute atomic E-state index is 0.0883. The van der Waals surface area contributed by atoms with E-state index in [1.165, 1.54) is 5.56 Å². The van der Waals surface area contributed by atoms with Gasteiger partial charge in [-0.15, -0.1) is 10.2 Å². The predicted molar refractivity (Wildman–Crippen MR) is 130 cm³/mol. The summed E-state index contributed by atoms with van der Waals surface area (Å²) in [7, 11) is -4.06. The topological polar surface area (TPSA) is 153 Å². The number of rotatable bonds is 6. The number of aromatic nitrogens is 4. The number of hydrogen-bond donors (Lipinski definition) is 4. The molecule has 1 aromatic heterocycles. The molecule has 180 valence electrons. The van der Waals surface area contributed by atoms with Gasteiger partial charge in [-0.05, 0) is 84.4 Å². The van der Waals surface area contributed by atoms with Crippen molar-refractivity contribution in [2.45, 2.75) is 55.4 Å². The van der Waals surface area contributed by atoms with Gasteiger partial charge in [0.05, 0.1) is 10.5 Å². The van der Waals surface area contributed by atoms with Crippen LogP contribution in [0, 0.1) is 5.92 Å². The number of H-pyrrole nitrogens is 1. The second-order valence-electron chi connectivity index (χ2n) is 9.55. The van der Waals surface area contributed by atoms with E-state index in [2.05, 4.69) is 38.1 Å². The van der Waals surface area contributed by atoms with E-state index in [0.29, 0.717) is 29.4 Å². The summed E-state index contributed by atoms with van der Waals surface area (Å²) in [5, 5.41) is 23.6. The summed E-state index contributed by atoms with van der Waals surface area (Å²) < 4.78 is 25.9. The number of nitrogens with one attached hydrogen (secondary N) is 2. The molecule has 0 spiro atoms. The zero-order valence-electron chi connectivity index (χ0n) is 19.1. The highest BCUT2D eigenvalue weighted by atomic mass is 32.2. The van der Waals surface area contributed by atoms with Gasteiger partial charge in [-0.25, -0.2) is 13.6 Å². The first kappa shape index (κ1) is 23.1. The van der Waals surface area contributed by atoms with Crippen molar-refractivity contribution in [3.8, 4) is 22.5 Å². The largest absolute Gasteiger partial charge is 0.328 e. The first-order valence-electron chi connectivity index (χ1n) is 11.9. The zero-order chi connectivity index (χ0) is 23.7. The predicted octanol–water partition coefficient (Wildman–Crippen LogP) is 2.32. The lowest BCUT2D eigenvalue weighted by atomic mass is 9.82. The Morgan fingerprint density at radius 1 is 1.00 bits per heavy atom. The molecule has 2 aromatic carbocycles. The first-order valence-corrected chi connectivity index (χ1v) is 13.4. The van der Waals surface area contributed by atoms with Crippen LogP contribution in [0.1, 0.15) is 49.1 Å². The van der Waals surface area contributed by atoms with E-state index in [1.807, 2.05) is 24.3 Å². The van der Waals surface area contributed by atoms with Gasteiger partial charge in [0.1, 0.15) is 0 Å². The Balaban J connectivity index is 1.59. The summed E-state index contributed by atoms with van der Waals surface area (Å²) in [6, 6.07) is 12.4. The second-order valence-corrected chi connectivity index (χ2v) is 11.1. The Bertz CT molecular complexity index is 1230. The molecule has 1 aliphatic carbocycles. The molecule has 2 heterocycles. The lowest BCUT2D eigenvalue weighted by molar-refractivity contribution is 0.323. The van der Waals surface area contributed by atoms with Crippen LogP contribution in [-0.4, -0.2) is 48.2 Å². The number of tetrazole rings is 1. The van der Waals surface area contributed by atoms with Crippen molar-refractivity contribution < 1.29 is 8.42 Å². The van der Waals surface area contributed by atoms with E-state index < -0.39 is 10.0 Å². The third-order valence-electron chi connectivity index (χ3n) is 7.25. The van der Waals surface area contributed by atoms with Gasteiger partial charge in [-0.1, -0.05) is 36.4 Å². The second kappa shape index (κ2) is 9.53. The zero-order valence-corrected chi connectivity index (χ0v) is 19.9. The van der Waals surface area contributed by atoms with Crippen LogP contribution in [0.25, 0.3) is 22.5 Å². The molecule has 9 nitrogen and oxygen atoms in total. The molecule has 2 aliphatic rings. The number of aromatic amines is 1. The van der Waals surface area contributed by atoms with Gasteiger partial charge in [0.2, 0.25) is 15.8 Å². The molecular formula is C24H31N7O2S. The molecule has 2 fully saturated rings. The molecule has 0 amide bonds. The molecule has 1 saturated heterocycles. The summed E-state index contributed by atoms with van der Waals surface area (Å²) >= 11 is 0. The van der Waals surface area contributed by atoms with E-state index >= 15 is 0 Å². The lowest BCUT2D eigenvalue weighted by Crippen LogP contribution is -2.27. The SMILES string of the molecule is NC1CCC(Cc2ccc(-c3ccc(C4CCNC4)cc3)c(-c3nn[nH]n3)c2S(N)(=O)=O)CC1. The van der Waals surface area contributed by atoms with Crippen LogP contribution in [0.15, 0.2) is 41.3 Å². The Labute approximate surface area is 199 Å². The summed E-state index contributed by atoms with van der Waals surface area (Å²) in [5.74, 6) is 1.08. The summed E-state index contributed by atoms with van der Waals surface area (Å²) in [4.78, 5) is 0.0883. The molecule has 1 aliphatic heterocycles. The molecule has 0 radical (unpaired) electrons. The highest BCUT2D eigenvalue weighted by Gasteiger charge is 2.29. The first-order chi connectivity index (χ1) is 16.4. The minimum Gasteiger partial charge on any atom is -0.328 e. The van der Waals surface area contributed by atoms with Gasteiger partial charge < -0.3 is 11.1 Å². The number of nitrogens with zero attached hydrogens (tertiary/aromatic N) is 3. The molecule has 3 aromatic rings. The molecule has 0 bridgehead atoms. The van der Waals surface area contributed by atoms with E-state index in [9.17, 15) is 8.42 Å². The molecule has 6 N–H and O–H groups in total. The fraction of sp³-hybridized carbons (Fsp3) is 0.458. The fourth-order valence-corrected chi connectivity index (χ4v) is 6.42. The Morgan fingerprint density at radius 3 is 2.38 bits per heavy atom.